The fourth-order valence-corrected chi connectivity index (χ4v) is 5.23. The molecule has 0 spiro atoms. The van der Waals surface area contributed by atoms with E-state index in [0.29, 0.717) is 42.8 Å². The Hall–Kier alpha value is -1.68. The van der Waals surface area contributed by atoms with Crippen LogP contribution in [-0.4, -0.2) is 55.5 Å². The summed E-state index contributed by atoms with van der Waals surface area (Å²) in [6, 6.07) is 14.4. The summed E-state index contributed by atoms with van der Waals surface area (Å²) in [4.78, 5) is 2.28. The average Bonchev–Trinajstić information content (AvgIpc) is 2.70. The number of thiocarbonyl (C=S) groups is 1. The van der Waals surface area contributed by atoms with Crippen molar-refractivity contribution in [3.63, 3.8) is 0 Å². The maximum absolute atomic E-state index is 12.8. The molecule has 0 bridgehead atoms. The van der Waals surface area contributed by atoms with Gasteiger partial charge in [0.25, 0.3) is 0 Å². The van der Waals surface area contributed by atoms with Gasteiger partial charge in [0.1, 0.15) is 5.75 Å². The van der Waals surface area contributed by atoms with Gasteiger partial charge in [-0.05, 0) is 61.6 Å². The van der Waals surface area contributed by atoms with Crippen LogP contribution in [0, 0.1) is 0 Å². The van der Waals surface area contributed by atoms with Gasteiger partial charge in [-0.1, -0.05) is 22.0 Å². The van der Waals surface area contributed by atoms with E-state index in [1.54, 1.807) is 18.2 Å². The Kier molecular flexibility index (Phi) is 6.92. The van der Waals surface area contributed by atoms with E-state index in [1.807, 2.05) is 42.2 Å². The number of nitrogens with zero attached hydrogens (tertiary/aromatic N) is 2. The van der Waals surface area contributed by atoms with Crippen molar-refractivity contribution in [2.75, 3.05) is 38.1 Å². The first kappa shape index (κ1) is 21.0. The van der Waals surface area contributed by atoms with Crippen LogP contribution in [0.25, 0.3) is 0 Å². The summed E-state index contributed by atoms with van der Waals surface area (Å²) in [7, 11) is -3.50. The summed E-state index contributed by atoms with van der Waals surface area (Å²) in [6.07, 6.45) is 0. The standard InChI is InChI=1S/C19H22BrN3O3S2/c1-2-26-17-8-6-16(7-9-17)21-19(27)22-10-12-23(13-11-22)28(24,25)18-5-3-4-15(20)14-18/h3-9,14H,2,10-13H2,1H3,(H,21,27). The number of nitrogens with one attached hydrogen (secondary N) is 1. The van der Waals surface area contributed by atoms with Crippen LogP contribution < -0.4 is 10.1 Å². The van der Waals surface area contributed by atoms with E-state index in [4.69, 9.17) is 17.0 Å². The summed E-state index contributed by atoms with van der Waals surface area (Å²) in [5, 5.41) is 3.79. The van der Waals surface area contributed by atoms with E-state index in [9.17, 15) is 8.42 Å². The Morgan fingerprint density at radius 1 is 1.14 bits per heavy atom. The summed E-state index contributed by atoms with van der Waals surface area (Å²) in [5.74, 6) is 0.810. The van der Waals surface area contributed by atoms with Crippen molar-refractivity contribution in [1.82, 2.24) is 9.21 Å². The number of hydrogen-bond donors (Lipinski definition) is 1. The molecule has 0 aromatic heterocycles. The lowest BCUT2D eigenvalue weighted by atomic mass is 10.3. The third-order valence-corrected chi connectivity index (χ3v) is 7.12. The molecule has 0 aliphatic carbocycles. The molecule has 6 nitrogen and oxygen atoms in total. The lowest BCUT2D eigenvalue weighted by Gasteiger charge is -2.35. The van der Waals surface area contributed by atoms with Crippen LogP contribution in [0.1, 0.15) is 6.92 Å². The minimum atomic E-state index is -3.50. The van der Waals surface area contributed by atoms with E-state index >= 15 is 0 Å². The third-order valence-electron chi connectivity index (χ3n) is 4.38. The highest BCUT2D eigenvalue weighted by Crippen LogP contribution is 2.22. The molecule has 1 aliphatic heterocycles. The van der Waals surface area contributed by atoms with Crippen molar-refractivity contribution >= 4 is 49.0 Å². The van der Waals surface area contributed by atoms with Gasteiger partial charge in [-0.3, -0.25) is 0 Å². The molecule has 1 N–H and O–H groups in total. The second kappa shape index (κ2) is 9.21. The van der Waals surface area contributed by atoms with Crippen LogP contribution in [0.5, 0.6) is 5.75 Å². The summed E-state index contributed by atoms with van der Waals surface area (Å²) in [5.41, 5.74) is 0.873. The van der Waals surface area contributed by atoms with Crippen molar-refractivity contribution < 1.29 is 13.2 Å². The van der Waals surface area contributed by atoms with E-state index in [2.05, 4.69) is 21.2 Å². The average molecular weight is 484 g/mol. The van der Waals surface area contributed by atoms with Gasteiger partial charge in [-0.2, -0.15) is 4.31 Å². The Morgan fingerprint density at radius 2 is 1.82 bits per heavy atom. The number of ether oxygens (including phenoxy) is 1. The maximum atomic E-state index is 12.8. The fourth-order valence-electron chi connectivity index (χ4n) is 2.91. The van der Waals surface area contributed by atoms with Crippen LogP contribution in [0.3, 0.4) is 0 Å². The predicted octanol–water partition coefficient (Wildman–Crippen LogP) is 3.55. The van der Waals surface area contributed by atoms with Gasteiger partial charge in [0, 0.05) is 36.3 Å². The maximum Gasteiger partial charge on any atom is 0.243 e. The minimum Gasteiger partial charge on any atom is -0.494 e. The van der Waals surface area contributed by atoms with Crippen molar-refractivity contribution in [3.05, 3.63) is 53.0 Å². The van der Waals surface area contributed by atoms with E-state index < -0.39 is 10.0 Å². The van der Waals surface area contributed by atoms with Crippen molar-refractivity contribution in [2.24, 2.45) is 0 Å². The Bertz CT molecular complexity index is 928. The summed E-state index contributed by atoms with van der Waals surface area (Å²) >= 11 is 8.82. The summed E-state index contributed by atoms with van der Waals surface area (Å²) < 4.78 is 33.3. The molecule has 0 saturated carbocycles. The van der Waals surface area contributed by atoms with Crippen molar-refractivity contribution in [1.29, 1.82) is 0 Å². The Morgan fingerprint density at radius 3 is 2.43 bits per heavy atom. The first-order valence-electron chi connectivity index (χ1n) is 8.94. The molecule has 1 fully saturated rings. The minimum absolute atomic E-state index is 0.297. The first-order chi connectivity index (χ1) is 13.4. The van der Waals surface area contributed by atoms with Crippen molar-refractivity contribution in [3.8, 4) is 5.75 Å². The zero-order valence-electron chi connectivity index (χ0n) is 15.5. The molecule has 150 valence electrons. The molecule has 0 radical (unpaired) electrons. The quantitative estimate of drug-likeness (QED) is 0.656. The predicted molar refractivity (Wildman–Crippen MR) is 118 cm³/mol. The second-order valence-electron chi connectivity index (χ2n) is 6.24. The van der Waals surface area contributed by atoms with E-state index in [-0.39, 0.29) is 0 Å². The number of sulfonamides is 1. The van der Waals surface area contributed by atoms with Crippen molar-refractivity contribution in [2.45, 2.75) is 11.8 Å². The van der Waals surface area contributed by atoms with Crippen LogP contribution >= 0.6 is 28.1 Å². The molecule has 2 aromatic carbocycles. The molecule has 28 heavy (non-hydrogen) atoms. The smallest absolute Gasteiger partial charge is 0.243 e. The molecule has 0 amide bonds. The molecule has 1 aliphatic rings. The van der Waals surface area contributed by atoms with Gasteiger partial charge >= 0.3 is 0 Å². The number of rotatable bonds is 5. The number of anilines is 1. The number of piperazine rings is 1. The number of halogens is 1. The molecule has 1 heterocycles. The van der Waals surface area contributed by atoms with Crippen LogP contribution in [0.2, 0.25) is 0 Å². The van der Waals surface area contributed by atoms with Gasteiger partial charge in [0.15, 0.2) is 5.11 Å². The third kappa shape index (κ3) is 5.02. The largest absolute Gasteiger partial charge is 0.494 e. The Labute approximate surface area is 179 Å². The SMILES string of the molecule is CCOc1ccc(NC(=S)N2CCN(S(=O)(=O)c3cccc(Br)c3)CC2)cc1. The topological polar surface area (TPSA) is 61.9 Å². The Balaban J connectivity index is 1.58. The number of benzene rings is 2. The van der Waals surface area contributed by atoms with Gasteiger partial charge < -0.3 is 15.0 Å². The molecular weight excluding hydrogens is 462 g/mol. The lowest BCUT2D eigenvalue weighted by Crippen LogP contribution is -2.51. The van der Waals surface area contributed by atoms with Gasteiger partial charge in [-0.25, -0.2) is 8.42 Å². The van der Waals surface area contributed by atoms with Crippen LogP contribution in [0.4, 0.5) is 5.69 Å². The monoisotopic (exact) mass is 483 g/mol. The van der Waals surface area contributed by atoms with Crippen LogP contribution in [-0.2, 0) is 10.0 Å². The molecular formula is C19H22BrN3O3S2. The van der Waals surface area contributed by atoms with E-state index in [0.717, 1.165) is 15.9 Å². The fraction of sp³-hybridized carbons (Fsp3) is 0.316. The lowest BCUT2D eigenvalue weighted by molar-refractivity contribution is 0.268. The molecule has 2 aromatic rings. The van der Waals surface area contributed by atoms with Gasteiger partial charge in [0.2, 0.25) is 10.0 Å². The highest BCUT2D eigenvalue weighted by molar-refractivity contribution is 9.10. The molecule has 0 atom stereocenters. The molecule has 1 saturated heterocycles. The summed E-state index contributed by atoms with van der Waals surface area (Å²) in [6.45, 7) is 4.42. The second-order valence-corrected chi connectivity index (χ2v) is 9.48. The number of hydrogen-bond acceptors (Lipinski definition) is 4. The highest BCUT2D eigenvalue weighted by atomic mass is 79.9. The zero-order chi connectivity index (χ0) is 20.1. The molecule has 9 heteroatoms. The first-order valence-corrected chi connectivity index (χ1v) is 11.6. The van der Waals surface area contributed by atoms with Gasteiger partial charge in [0.05, 0.1) is 11.5 Å². The normalized spacial score (nSPS) is 15.3. The zero-order valence-corrected chi connectivity index (χ0v) is 18.7. The van der Waals surface area contributed by atoms with E-state index in [1.165, 1.54) is 4.31 Å². The van der Waals surface area contributed by atoms with Gasteiger partial charge in [-0.15, -0.1) is 0 Å². The molecule has 0 unspecified atom stereocenters. The highest BCUT2D eigenvalue weighted by Gasteiger charge is 2.29. The van der Waals surface area contributed by atoms with Crippen LogP contribution in [0.15, 0.2) is 57.9 Å². The molecule has 3 rings (SSSR count).